The summed E-state index contributed by atoms with van der Waals surface area (Å²) in [6.07, 6.45) is 0. The van der Waals surface area contributed by atoms with Gasteiger partial charge in [0.2, 0.25) is 0 Å². The molecule has 0 spiro atoms. The second-order valence-electron chi connectivity index (χ2n) is 5.34. The van der Waals surface area contributed by atoms with Crippen LogP contribution < -0.4 is 5.32 Å². The van der Waals surface area contributed by atoms with Crippen LogP contribution in [-0.4, -0.2) is 51.0 Å². The fourth-order valence-corrected chi connectivity index (χ4v) is 3.93. The van der Waals surface area contributed by atoms with E-state index in [4.69, 9.17) is 0 Å². The van der Waals surface area contributed by atoms with Crippen molar-refractivity contribution in [3.05, 3.63) is 35.9 Å². The van der Waals surface area contributed by atoms with Gasteiger partial charge in [-0.2, -0.15) is 5.26 Å². The van der Waals surface area contributed by atoms with Gasteiger partial charge in [0.15, 0.2) is 9.84 Å². The Morgan fingerprint density at radius 2 is 1.90 bits per heavy atom. The van der Waals surface area contributed by atoms with Crippen LogP contribution in [0.2, 0.25) is 0 Å². The van der Waals surface area contributed by atoms with Crippen LogP contribution in [0.15, 0.2) is 30.3 Å². The first-order chi connectivity index (χ1) is 10.0. The van der Waals surface area contributed by atoms with E-state index in [1.54, 1.807) is 0 Å². The zero-order valence-electron chi connectivity index (χ0n) is 12.2. The van der Waals surface area contributed by atoms with E-state index in [1.165, 1.54) is 0 Å². The molecule has 114 valence electrons. The summed E-state index contributed by atoms with van der Waals surface area (Å²) in [5, 5.41) is 13.0. The Hall–Kier alpha value is -1.42. The molecule has 1 aliphatic heterocycles. The van der Waals surface area contributed by atoms with E-state index >= 15 is 0 Å². The summed E-state index contributed by atoms with van der Waals surface area (Å²) in [4.78, 5) is 2.06. The molecule has 1 atom stereocenters. The molecule has 1 unspecified atom stereocenters. The Labute approximate surface area is 126 Å². The highest BCUT2D eigenvalue weighted by atomic mass is 32.2. The molecule has 1 saturated heterocycles. The number of nitrogens with zero attached hydrogens (tertiary/aromatic N) is 2. The lowest BCUT2D eigenvalue weighted by molar-refractivity contribution is 0.226. The highest BCUT2D eigenvalue weighted by Gasteiger charge is 2.35. The Bertz CT molecular complexity index is 596. The van der Waals surface area contributed by atoms with Crippen LogP contribution in [0.4, 0.5) is 0 Å². The number of sulfone groups is 1. The molecule has 0 aromatic heterocycles. The monoisotopic (exact) mass is 307 g/mol. The van der Waals surface area contributed by atoms with Crippen LogP contribution in [-0.2, 0) is 15.4 Å². The third kappa shape index (κ3) is 3.82. The summed E-state index contributed by atoms with van der Waals surface area (Å²) in [5.74, 6) is 0.352. The van der Waals surface area contributed by atoms with E-state index in [2.05, 4.69) is 16.3 Å². The Morgan fingerprint density at radius 1 is 1.29 bits per heavy atom. The molecule has 21 heavy (non-hydrogen) atoms. The Balaban J connectivity index is 2.20. The molecular weight excluding hydrogens is 286 g/mol. The lowest BCUT2D eigenvalue weighted by Gasteiger charge is -2.36. The zero-order chi connectivity index (χ0) is 15.3. The Kier molecular flexibility index (Phi) is 4.99. The molecule has 6 heteroatoms. The van der Waals surface area contributed by atoms with Gasteiger partial charge >= 0.3 is 0 Å². The van der Waals surface area contributed by atoms with Gasteiger partial charge in [0.25, 0.3) is 0 Å². The maximum Gasteiger partial charge on any atom is 0.152 e. The van der Waals surface area contributed by atoms with E-state index in [9.17, 15) is 13.7 Å². The molecule has 0 saturated carbocycles. The van der Waals surface area contributed by atoms with Crippen LogP contribution in [0.25, 0.3) is 0 Å². The Morgan fingerprint density at radius 3 is 2.43 bits per heavy atom. The van der Waals surface area contributed by atoms with E-state index in [1.807, 2.05) is 37.3 Å². The van der Waals surface area contributed by atoms with E-state index in [-0.39, 0.29) is 11.5 Å². The molecular formula is C15H21N3O2S. The fraction of sp³-hybridized carbons (Fsp3) is 0.533. The van der Waals surface area contributed by atoms with Crippen molar-refractivity contribution in [2.75, 3.05) is 37.7 Å². The standard InChI is InChI=1S/C15H21N3O2S/c1-2-17-15(12-16,14-6-4-3-5-7-14)13-18-8-10-21(19,20)11-9-18/h3-7,17H,2,8-11,13H2,1H3. The predicted octanol–water partition coefficient (Wildman–Crippen LogP) is 0.745. The van der Waals surface area contributed by atoms with Gasteiger partial charge in [-0.15, -0.1) is 0 Å². The van der Waals surface area contributed by atoms with Crippen molar-refractivity contribution < 1.29 is 8.42 Å². The predicted molar refractivity (Wildman–Crippen MR) is 82.5 cm³/mol. The summed E-state index contributed by atoms with van der Waals surface area (Å²) in [6, 6.07) is 12.0. The maximum absolute atomic E-state index is 11.5. The molecule has 0 radical (unpaired) electrons. The van der Waals surface area contributed by atoms with Crippen LogP contribution in [0, 0.1) is 11.3 Å². The van der Waals surface area contributed by atoms with Crippen LogP contribution >= 0.6 is 0 Å². The normalized spacial score (nSPS) is 21.3. The van der Waals surface area contributed by atoms with Crippen LogP contribution in [0.3, 0.4) is 0 Å². The summed E-state index contributed by atoms with van der Waals surface area (Å²) in [7, 11) is -2.90. The average molecular weight is 307 g/mol. The number of benzene rings is 1. The topological polar surface area (TPSA) is 73.2 Å². The molecule has 5 nitrogen and oxygen atoms in total. The highest BCUT2D eigenvalue weighted by Crippen LogP contribution is 2.22. The lowest BCUT2D eigenvalue weighted by atomic mass is 9.90. The molecule has 1 aromatic rings. The van der Waals surface area contributed by atoms with Gasteiger partial charge in [-0.1, -0.05) is 37.3 Å². The molecule has 1 aromatic carbocycles. The summed E-state index contributed by atoms with van der Waals surface area (Å²) < 4.78 is 23.0. The number of hydrogen-bond acceptors (Lipinski definition) is 5. The van der Waals surface area contributed by atoms with E-state index < -0.39 is 15.4 Å². The van der Waals surface area contributed by atoms with Gasteiger partial charge in [-0.25, -0.2) is 8.42 Å². The summed E-state index contributed by atoms with van der Waals surface area (Å²) in [5.41, 5.74) is 0.125. The minimum Gasteiger partial charge on any atom is -0.298 e. The van der Waals surface area contributed by atoms with Crippen LogP contribution in [0.1, 0.15) is 12.5 Å². The molecule has 1 heterocycles. The average Bonchev–Trinajstić information content (AvgIpc) is 2.49. The van der Waals surface area contributed by atoms with Gasteiger partial charge < -0.3 is 0 Å². The van der Waals surface area contributed by atoms with Crippen molar-refractivity contribution in [2.24, 2.45) is 0 Å². The van der Waals surface area contributed by atoms with Crippen LogP contribution in [0.5, 0.6) is 0 Å². The largest absolute Gasteiger partial charge is 0.298 e. The van der Waals surface area contributed by atoms with Gasteiger partial charge in [0.1, 0.15) is 5.54 Å². The van der Waals surface area contributed by atoms with Crippen molar-refractivity contribution in [1.82, 2.24) is 10.2 Å². The van der Waals surface area contributed by atoms with Crippen molar-refractivity contribution in [2.45, 2.75) is 12.5 Å². The molecule has 1 N–H and O–H groups in total. The molecule has 2 rings (SSSR count). The molecule has 1 aliphatic rings. The number of nitriles is 1. The number of nitrogens with one attached hydrogen (secondary N) is 1. The van der Waals surface area contributed by atoms with Crippen molar-refractivity contribution >= 4 is 9.84 Å². The number of rotatable bonds is 5. The fourth-order valence-electron chi connectivity index (χ4n) is 2.66. The highest BCUT2D eigenvalue weighted by molar-refractivity contribution is 7.91. The second-order valence-corrected chi connectivity index (χ2v) is 7.65. The minimum absolute atomic E-state index is 0.176. The van der Waals surface area contributed by atoms with Crippen molar-refractivity contribution in [3.8, 4) is 6.07 Å². The first-order valence-corrected chi connectivity index (χ1v) is 8.98. The number of hydrogen-bond donors (Lipinski definition) is 1. The van der Waals surface area contributed by atoms with Gasteiger partial charge in [0.05, 0.1) is 17.6 Å². The number of likely N-dealkylation sites (N-methyl/N-ethyl adjacent to an activating group) is 1. The summed E-state index contributed by atoms with van der Waals surface area (Å²) >= 11 is 0. The molecule has 0 aliphatic carbocycles. The SMILES string of the molecule is CCNC(C#N)(CN1CCS(=O)(=O)CC1)c1ccccc1. The third-order valence-corrected chi connectivity index (χ3v) is 5.44. The third-order valence-electron chi connectivity index (χ3n) is 3.83. The van der Waals surface area contributed by atoms with Gasteiger partial charge in [-0.05, 0) is 12.1 Å². The lowest BCUT2D eigenvalue weighted by Crippen LogP contribution is -2.53. The smallest absolute Gasteiger partial charge is 0.152 e. The zero-order valence-corrected chi connectivity index (χ0v) is 13.1. The minimum atomic E-state index is -2.90. The second kappa shape index (κ2) is 6.56. The molecule has 0 bridgehead atoms. The van der Waals surface area contributed by atoms with Crippen molar-refractivity contribution in [1.29, 1.82) is 5.26 Å². The van der Waals surface area contributed by atoms with Gasteiger partial charge in [-0.3, -0.25) is 10.2 Å². The molecule has 1 fully saturated rings. The van der Waals surface area contributed by atoms with E-state index in [0.717, 1.165) is 5.56 Å². The quantitative estimate of drug-likeness (QED) is 0.869. The first kappa shape index (κ1) is 16.0. The van der Waals surface area contributed by atoms with Crippen molar-refractivity contribution in [3.63, 3.8) is 0 Å². The maximum atomic E-state index is 11.5. The summed E-state index contributed by atoms with van der Waals surface area (Å²) in [6.45, 7) is 4.12. The molecule has 0 amide bonds. The van der Waals surface area contributed by atoms with Gasteiger partial charge in [0, 0.05) is 19.6 Å². The van der Waals surface area contributed by atoms with E-state index in [0.29, 0.717) is 26.2 Å². The first-order valence-electron chi connectivity index (χ1n) is 7.16.